The van der Waals surface area contributed by atoms with Crippen molar-refractivity contribution in [3.63, 3.8) is 0 Å². The van der Waals surface area contributed by atoms with E-state index in [0.29, 0.717) is 36.0 Å². The molecule has 6 heteroatoms. The molecule has 0 radical (unpaired) electrons. The molecule has 2 heterocycles. The first-order valence-corrected chi connectivity index (χ1v) is 9.05. The van der Waals surface area contributed by atoms with Gasteiger partial charge in [0, 0.05) is 11.4 Å². The molecule has 2 aliphatic rings. The van der Waals surface area contributed by atoms with E-state index in [1.54, 1.807) is 23.1 Å². The first-order chi connectivity index (χ1) is 13.7. The van der Waals surface area contributed by atoms with Crippen molar-refractivity contribution >= 4 is 17.3 Å². The number of hydrogen-bond acceptors (Lipinski definition) is 4. The van der Waals surface area contributed by atoms with Crippen LogP contribution in [0.3, 0.4) is 0 Å². The molecule has 1 atom stereocenters. The van der Waals surface area contributed by atoms with E-state index >= 15 is 0 Å². The molecule has 0 aliphatic carbocycles. The SMILES string of the molecule is O=C1c2ccccc2N[C@H](c2ccc3c(c2)OCCO3)N1c1ccc(F)cc1. The van der Waals surface area contributed by atoms with E-state index in [0.717, 1.165) is 11.3 Å². The number of amides is 1. The number of para-hydroxylation sites is 1. The van der Waals surface area contributed by atoms with Crippen LogP contribution >= 0.6 is 0 Å². The van der Waals surface area contributed by atoms with Gasteiger partial charge < -0.3 is 14.8 Å². The second kappa shape index (κ2) is 6.56. The zero-order chi connectivity index (χ0) is 19.1. The van der Waals surface area contributed by atoms with Crippen LogP contribution in [0.1, 0.15) is 22.1 Å². The van der Waals surface area contributed by atoms with Crippen LogP contribution in [0.25, 0.3) is 0 Å². The zero-order valence-electron chi connectivity index (χ0n) is 14.9. The lowest BCUT2D eigenvalue weighted by Gasteiger charge is -2.38. The van der Waals surface area contributed by atoms with Crippen molar-refractivity contribution in [3.8, 4) is 11.5 Å². The number of hydrogen-bond donors (Lipinski definition) is 1. The van der Waals surface area contributed by atoms with Crippen LogP contribution in [0.15, 0.2) is 66.7 Å². The molecule has 3 aromatic carbocycles. The van der Waals surface area contributed by atoms with Crippen LogP contribution in [0.4, 0.5) is 15.8 Å². The fourth-order valence-electron chi connectivity index (χ4n) is 3.58. The molecule has 5 rings (SSSR count). The summed E-state index contributed by atoms with van der Waals surface area (Å²) in [5.41, 5.74) is 2.77. The summed E-state index contributed by atoms with van der Waals surface area (Å²) in [4.78, 5) is 14.9. The second-order valence-electron chi connectivity index (χ2n) is 6.65. The number of rotatable bonds is 2. The molecule has 0 unspecified atom stereocenters. The number of benzene rings is 3. The quantitative estimate of drug-likeness (QED) is 0.722. The Morgan fingerprint density at radius 3 is 2.50 bits per heavy atom. The standard InChI is InChI=1S/C22H17FN2O3/c23-15-6-8-16(9-7-15)25-21(24-18-4-2-1-3-17(18)22(25)26)14-5-10-19-20(13-14)28-12-11-27-19/h1-10,13,21,24H,11-12H2/t21-/m0/s1. The Hall–Kier alpha value is -3.54. The number of carbonyl (C=O) groups is 1. The molecule has 2 aliphatic heterocycles. The zero-order valence-corrected chi connectivity index (χ0v) is 14.9. The van der Waals surface area contributed by atoms with Crippen molar-refractivity contribution in [2.45, 2.75) is 6.17 Å². The molecule has 0 bridgehead atoms. The number of fused-ring (bicyclic) bond motifs is 2. The van der Waals surface area contributed by atoms with Crippen LogP contribution < -0.4 is 19.7 Å². The smallest absolute Gasteiger partial charge is 0.262 e. The fourth-order valence-corrected chi connectivity index (χ4v) is 3.58. The molecule has 1 amide bonds. The molecule has 0 fully saturated rings. The van der Waals surface area contributed by atoms with E-state index in [4.69, 9.17) is 9.47 Å². The van der Waals surface area contributed by atoms with Crippen molar-refractivity contribution in [2.24, 2.45) is 0 Å². The number of nitrogens with zero attached hydrogens (tertiary/aromatic N) is 1. The van der Waals surface area contributed by atoms with Crippen molar-refractivity contribution in [1.82, 2.24) is 0 Å². The summed E-state index contributed by atoms with van der Waals surface area (Å²) in [7, 11) is 0. The van der Waals surface area contributed by atoms with Crippen molar-refractivity contribution in [2.75, 3.05) is 23.4 Å². The molecule has 28 heavy (non-hydrogen) atoms. The van der Waals surface area contributed by atoms with Gasteiger partial charge in [-0.2, -0.15) is 0 Å². The van der Waals surface area contributed by atoms with Crippen LogP contribution in [0, 0.1) is 5.82 Å². The number of nitrogens with one attached hydrogen (secondary N) is 1. The van der Waals surface area contributed by atoms with Gasteiger partial charge in [-0.15, -0.1) is 0 Å². The number of ether oxygens (including phenoxy) is 2. The predicted octanol–water partition coefficient (Wildman–Crippen LogP) is 4.37. The van der Waals surface area contributed by atoms with Gasteiger partial charge in [0.15, 0.2) is 11.5 Å². The Bertz CT molecular complexity index is 1050. The van der Waals surface area contributed by atoms with Crippen LogP contribution in [0.2, 0.25) is 0 Å². The van der Waals surface area contributed by atoms with E-state index in [2.05, 4.69) is 5.32 Å². The van der Waals surface area contributed by atoms with Gasteiger partial charge in [0.05, 0.1) is 5.56 Å². The molecule has 5 nitrogen and oxygen atoms in total. The molecule has 0 aromatic heterocycles. The third kappa shape index (κ3) is 2.74. The van der Waals surface area contributed by atoms with E-state index in [9.17, 15) is 9.18 Å². The monoisotopic (exact) mass is 376 g/mol. The highest BCUT2D eigenvalue weighted by atomic mass is 19.1. The van der Waals surface area contributed by atoms with Gasteiger partial charge in [0.2, 0.25) is 0 Å². The van der Waals surface area contributed by atoms with Gasteiger partial charge in [-0.1, -0.05) is 18.2 Å². The first-order valence-electron chi connectivity index (χ1n) is 9.05. The average molecular weight is 376 g/mol. The molecule has 1 N–H and O–H groups in total. The Morgan fingerprint density at radius 2 is 1.68 bits per heavy atom. The maximum Gasteiger partial charge on any atom is 0.262 e. The number of halogens is 1. The Morgan fingerprint density at radius 1 is 0.929 bits per heavy atom. The fraction of sp³-hybridized carbons (Fsp3) is 0.136. The summed E-state index contributed by atoms with van der Waals surface area (Å²) >= 11 is 0. The average Bonchev–Trinajstić information content (AvgIpc) is 2.74. The van der Waals surface area contributed by atoms with Crippen LogP contribution in [-0.4, -0.2) is 19.1 Å². The van der Waals surface area contributed by atoms with Crippen LogP contribution in [0.5, 0.6) is 11.5 Å². The number of anilines is 2. The highest BCUT2D eigenvalue weighted by Crippen LogP contribution is 2.39. The lowest BCUT2D eigenvalue weighted by atomic mass is 10.0. The van der Waals surface area contributed by atoms with E-state index in [1.807, 2.05) is 36.4 Å². The maximum atomic E-state index is 13.4. The molecular weight excluding hydrogens is 359 g/mol. The largest absolute Gasteiger partial charge is 0.486 e. The van der Waals surface area contributed by atoms with Gasteiger partial charge in [0.1, 0.15) is 25.2 Å². The molecular formula is C22H17FN2O3. The minimum Gasteiger partial charge on any atom is -0.486 e. The summed E-state index contributed by atoms with van der Waals surface area (Å²) < 4.78 is 24.8. The topological polar surface area (TPSA) is 50.8 Å². The Balaban J connectivity index is 1.63. The van der Waals surface area contributed by atoms with E-state index in [-0.39, 0.29) is 11.7 Å². The van der Waals surface area contributed by atoms with Gasteiger partial charge >= 0.3 is 0 Å². The first kappa shape index (κ1) is 16.6. The second-order valence-corrected chi connectivity index (χ2v) is 6.65. The summed E-state index contributed by atoms with van der Waals surface area (Å²) in [6, 6.07) is 18.9. The van der Waals surface area contributed by atoms with Crippen molar-refractivity contribution < 1.29 is 18.7 Å². The van der Waals surface area contributed by atoms with Crippen molar-refractivity contribution in [3.05, 3.63) is 83.7 Å². The maximum absolute atomic E-state index is 13.4. The Labute approximate surface area is 161 Å². The lowest BCUT2D eigenvalue weighted by Crippen LogP contribution is -2.43. The van der Waals surface area contributed by atoms with Crippen molar-refractivity contribution in [1.29, 1.82) is 0 Å². The lowest BCUT2D eigenvalue weighted by molar-refractivity contribution is 0.0974. The van der Waals surface area contributed by atoms with Crippen LogP contribution in [-0.2, 0) is 0 Å². The summed E-state index contributed by atoms with van der Waals surface area (Å²) in [6.07, 6.45) is -0.469. The molecule has 0 saturated carbocycles. The summed E-state index contributed by atoms with van der Waals surface area (Å²) in [6.45, 7) is 1.000. The van der Waals surface area contributed by atoms with Gasteiger partial charge in [-0.3, -0.25) is 9.69 Å². The minimum absolute atomic E-state index is 0.152. The highest BCUT2D eigenvalue weighted by molar-refractivity contribution is 6.12. The van der Waals surface area contributed by atoms with Gasteiger partial charge in [-0.25, -0.2) is 4.39 Å². The third-order valence-electron chi connectivity index (χ3n) is 4.91. The third-order valence-corrected chi connectivity index (χ3v) is 4.91. The molecule has 0 saturated heterocycles. The highest BCUT2D eigenvalue weighted by Gasteiger charge is 2.34. The number of carbonyl (C=O) groups excluding carboxylic acids is 1. The normalized spacial score (nSPS) is 17.7. The van der Waals surface area contributed by atoms with E-state index in [1.165, 1.54) is 12.1 Å². The van der Waals surface area contributed by atoms with Gasteiger partial charge in [0.25, 0.3) is 5.91 Å². The summed E-state index contributed by atoms with van der Waals surface area (Å²) in [5.74, 6) is 0.833. The molecule has 3 aromatic rings. The predicted molar refractivity (Wildman–Crippen MR) is 103 cm³/mol. The molecule has 0 spiro atoms. The summed E-state index contributed by atoms with van der Waals surface area (Å²) in [5, 5.41) is 3.43. The Kier molecular flexibility index (Phi) is 3.90. The van der Waals surface area contributed by atoms with Gasteiger partial charge in [-0.05, 0) is 54.1 Å². The molecule has 140 valence electrons. The minimum atomic E-state index is -0.469. The van der Waals surface area contributed by atoms with E-state index < -0.39 is 6.17 Å².